The standard InChI is InChI=1S/C25H28N4O4/c1-33-15-14-28(24(31)20-13-7-11-18-10-5-6-12-19(18)20)21-22(26)29(25(32)27-23(21)30)16-17-8-3-2-4-9-17/h2-6,8-10,12,20H,7,11,13-16,26H2,1H3,(H,27,30,32). The van der Waals surface area contributed by atoms with Crippen LogP contribution in [0.1, 0.15) is 35.4 Å². The molecule has 1 heterocycles. The van der Waals surface area contributed by atoms with Crippen LogP contribution in [-0.2, 0) is 22.5 Å². The summed E-state index contributed by atoms with van der Waals surface area (Å²) < 4.78 is 6.50. The lowest BCUT2D eigenvalue weighted by Crippen LogP contribution is -2.44. The van der Waals surface area contributed by atoms with E-state index in [2.05, 4.69) is 4.98 Å². The Bertz CT molecular complexity index is 1250. The van der Waals surface area contributed by atoms with Crippen molar-refractivity contribution < 1.29 is 9.53 Å². The van der Waals surface area contributed by atoms with Gasteiger partial charge in [-0.05, 0) is 36.0 Å². The number of hydrogen-bond acceptors (Lipinski definition) is 5. The van der Waals surface area contributed by atoms with Crippen LogP contribution < -0.4 is 21.9 Å². The highest BCUT2D eigenvalue weighted by molar-refractivity contribution is 6.00. The van der Waals surface area contributed by atoms with Gasteiger partial charge in [-0.15, -0.1) is 0 Å². The van der Waals surface area contributed by atoms with E-state index in [1.807, 2.05) is 54.6 Å². The maximum Gasteiger partial charge on any atom is 0.330 e. The van der Waals surface area contributed by atoms with Crippen LogP contribution in [0.4, 0.5) is 11.5 Å². The number of nitrogens with zero attached hydrogens (tertiary/aromatic N) is 2. The third kappa shape index (κ3) is 4.61. The molecule has 172 valence electrons. The molecule has 1 amide bonds. The molecule has 0 saturated carbocycles. The summed E-state index contributed by atoms with van der Waals surface area (Å²) >= 11 is 0. The molecule has 8 nitrogen and oxygen atoms in total. The molecule has 0 bridgehead atoms. The number of ether oxygens (including phenoxy) is 1. The largest absolute Gasteiger partial charge is 0.383 e. The zero-order valence-corrected chi connectivity index (χ0v) is 18.6. The number of anilines is 2. The van der Waals surface area contributed by atoms with Crippen molar-refractivity contribution in [1.82, 2.24) is 9.55 Å². The van der Waals surface area contributed by atoms with Gasteiger partial charge < -0.3 is 15.4 Å². The number of nitrogens with two attached hydrogens (primary N) is 1. The van der Waals surface area contributed by atoms with Gasteiger partial charge in [0, 0.05) is 13.7 Å². The Morgan fingerprint density at radius 2 is 1.88 bits per heavy atom. The number of aromatic amines is 1. The van der Waals surface area contributed by atoms with Crippen LogP contribution in [0.15, 0.2) is 64.2 Å². The number of aryl methyl sites for hydroxylation is 1. The Hall–Kier alpha value is -3.65. The highest BCUT2D eigenvalue weighted by Crippen LogP contribution is 2.34. The van der Waals surface area contributed by atoms with Gasteiger partial charge in [-0.2, -0.15) is 0 Å². The van der Waals surface area contributed by atoms with E-state index < -0.39 is 11.2 Å². The summed E-state index contributed by atoms with van der Waals surface area (Å²) in [7, 11) is 1.53. The van der Waals surface area contributed by atoms with Crippen molar-refractivity contribution in [3.05, 3.63) is 92.1 Å². The molecule has 8 heteroatoms. The van der Waals surface area contributed by atoms with Gasteiger partial charge in [0.05, 0.1) is 19.1 Å². The molecule has 3 N–H and O–H groups in total. The van der Waals surface area contributed by atoms with Crippen LogP contribution in [0, 0.1) is 0 Å². The number of methoxy groups -OCH3 is 1. The Morgan fingerprint density at radius 1 is 1.15 bits per heavy atom. The number of carbonyl (C=O) groups is 1. The number of H-pyrrole nitrogens is 1. The molecule has 2 aromatic carbocycles. The summed E-state index contributed by atoms with van der Waals surface area (Å²) in [6.07, 6.45) is 2.48. The third-order valence-corrected chi connectivity index (χ3v) is 6.12. The van der Waals surface area contributed by atoms with Crippen molar-refractivity contribution in [2.75, 3.05) is 30.9 Å². The van der Waals surface area contributed by atoms with Crippen LogP contribution in [0.3, 0.4) is 0 Å². The minimum absolute atomic E-state index is 0.0179. The number of fused-ring (bicyclic) bond motifs is 1. The highest BCUT2D eigenvalue weighted by Gasteiger charge is 2.33. The van der Waals surface area contributed by atoms with Gasteiger partial charge >= 0.3 is 5.69 Å². The Morgan fingerprint density at radius 3 is 2.64 bits per heavy atom. The van der Waals surface area contributed by atoms with Gasteiger partial charge in [0.15, 0.2) is 5.69 Å². The normalized spacial score (nSPS) is 15.1. The Labute approximate surface area is 191 Å². The van der Waals surface area contributed by atoms with Gasteiger partial charge in [-0.25, -0.2) is 4.79 Å². The highest BCUT2D eigenvalue weighted by atomic mass is 16.5. The van der Waals surface area contributed by atoms with E-state index >= 15 is 0 Å². The molecule has 0 fully saturated rings. The molecule has 1 aliphatic rings. The van der Waals surface area contributed by atoms with Crippen molar-refractivity contribution in [3.8, 4) is 0 Å². The third-order valence-electron chi connectivity index (χ3n) is 6.12. The Balaban J connectivity index is 1.78. The van der Waals surface area contributed by atoms with Gasteiger partial charge in [-0.3, -0.25) is 19.1 Å². The van der Waals surface area contributed by atoms with Crippen molar-refractivity contribution in [3.63, 3.8) is 0 Å². The second-order valence-corrected chi connectivity index (χ2v) is 8.19. The predicted molar refractivity (Wildman–Crippen MR) is 128 cm³/mol. The Kier molecular flexibility index (Phi) is 6.74. The number of nitrogens with one attached hydrogen (secondary N) is 1. The maximum atomic E-state index is 13.8. The van der Waals surface area contributed by atoms with E-state index in [9.17, 15) is 14.4 Å². The minimum atomic E-state index is -0.685. The summed E-state index contributed by atoms with van der Waals surface area (Å²) in [6.45, 7) is 0.537. The summed E-state index contributed by atoms with van der Waals surface area (Å²) in [6, 6.07) is 17.2. The topological polar surface area (TPSA) is 110 Å². The lowest BCUT2D eigenvalue weighted by molar-refractivity contribution is -0.120. The number of carbonyl (C=O) groups excluding carboxylic acids is 1. The monoisotopic (exact) mass is 448 g/mol. The fourth-order valence-corrected chi connectivity index (χ4v) is 4.47. The molecule has 1 atom stereocenters. The van der Waals surface area contributed by atoms with Gasteiger partial charge in [-0.1, -0.05) is 54.6 Å². The minimum Gasteiger partial charge on any atom is -0.383 e. The number of aromatic nitrogens is 2. The summed E-state index contributed by atoms with van der Waals surface area (Å²) in [5, 5.41) is 0. The summed E-state index contributed by atoms with van der Waals surface area (Å²) in [4.78, 5) is 43.0. The number of nitrogen functional groups attached to an aromatic ring is 1. The van der Waals surface area contributed by atoms with Gasteiger partial charge in [0.1, 0.15) is 5.82 Å². The number of rotatable bonds is 7. The fraction of sp³-hybridized carbons (Fsp3) is 0.320. The number of amides is 1. The predicted octanol–water partition coefficient (Wildman–Crippen LogP) is 2.27. The molecule has 1 aliphatic carbocycles. The first-order valence-corrected chi connectivity index (χ1v) is 11.1. The molecule has 0 radical (unpaired) electrons. The van der Waals surface area contributed by atoms with E-state index in [0.717, 1.165) is 29.5 Å². The molecule has 1 aromatic heterocycles. The van der Waals surface area contributed by atoms with Crippen molar-refractivity contribution in [2.45, 2.75) is 31.7 Å². The van der Waals surface area contributed by atoms with Gasteiger partial charge in [0.25, 0.3) is 5.56 Å². The van der Waals surface area contributed by atoms with Crippen LogP contribution in [0.2, 0.25) is 0 Å². The van der Waals surface area contributed by atoms with Crippen molar-refractivity contribution >= 4 is 17.4 Å². The van der Waals surface area contributed by atoms with Crippen molar-refractivity contribution in [2.24, 2.45) is 0 Å². The van der Waals surface area contributed by atoms with Crippen LogP contribution >= 0.6 is 0 Å². The lowest BCUT2D eigenvalue weighted by Gasteiger charge is -2.31. The average Bonchev–Trinajstić information content (AvgIpc) is 2.83. The van der Waals surface area contributed by atoms with Crippen LogP contribution in [-0.4, -0.2) is 35.7 Å². The van der Waals surface area contributed by atoms with Gasteiger partial charge in [0.2, 0.25) is 5.91 Å². The van der Waals surface area contributed by atoms with E-state index in [4.69, 9.17) is 10.5 Å². The fourth-order valence-electron chi connectivity index (χ4n) is 4.47. The summed E-state index contributed by atoms with van der Waals surface area (Å²) in [5.74, 6) is -0.650. The van der Waals surface area contributed by atoms with E-state index in [0.29, 0.717) is 6.42 Å². The first kappa shape index (κ1) is 22.5. The molecule has 0 aliphatic heterocycles. The number of hydrogen-bond donors (Lipinski definition) is 2. The summed E-state index contributed by atoms with van der Waals surface area (Å²) in [5.41, 5.74) is 8.02. The molecule has 1 unspecified atom stereocenters. The second kappa shape index (κ2) is 9.87. The first-order chi connectivity index (χ1) is 16.0. The first-order valence-electron chi connectivity index (χ1n) is 11.1. The second-order valence-electron chi connectivity index (χ2n) is 8.19. The molecule has 0 spiro atoms. The molecule has 33 heavy (non-hydrogen) atoms. The number of benzene rings is 2. The molecular formula is C25H28N4O4. The smallest absolute Gasteiger partial charge is 0.330 e. The van der Waals surface area contributed by atoms with Crippen LogP contribution in [0.5, 0.6) is 0 Å². The quantitative estimate of drug-likeness (QED) is 0.576. The SMILES string of the molecule is COCCN(C(=O)C1CCCc2ccccc21)c1c(N)n(Cc2ccccc2)c(=O)[nH]c1=O. The molecule has 4 rings (SSSR count). The zero-order chi connectivity index (χ0) is 23.4. The lowest BCUT2D eigenvalue weighted by atomic mass is 9.82. The molecule has 3 aromatic rings. The maximum absolute atomic E-state index is 13.8. The van der Waals surface area contributed by atoms with E-state index in [1.54, 1.807) is 0 Å². The van der Waals surface area contributed by atoms with E-state index in [1.165, 1.54) is 16.6 Å². The van der Waals surface area contributed by atoms with E-state index in [-0.39, 0.29) is 43.0 Å². The zero-order valence-electron chi connectivity index (χ0n) is 18.6. The average molecular weight is 449 g/mol. The van der Waals surface area contributed by atoms with Crippen LogP contribution in [0.25, 0.3) is 0 Å². The molecule has 0 saturated heterocycles. The molecular weight excluding hydrogens is 420 g/mol. The van der Waals surface area contributed by atoms with Crippen molar-refractivity contribution in [1.29, 1.82) is 0 Å².